The smallest absolute Gasteiger partial charge is 0.251 e. The van der Waals surface area contributed by atoms with Crippen LogP contribution in [-0.2, 0) is 0 Å². The van der Waals surface area contributed by atoms with Crippen molar-refractivity contribution in [3.05, 3.63) is 29.3 Å². The fraction of sp³-hybridized carbons (Fsp3) is 0.533. The molecule has 0 heterocycles. The van der Waals surface area contributed by atoms with Gasteiger partial charge in [-0.05, 0) is 57.9 Å². The topological polar surface area (TPSA) is 38.3 Å². The summed E-state index contributed by atoms with van der Waals surface area (Å²) in [6, 6.07) is 5.74. The number of amides is 1. The molecule has 3 heteroatoms. The lowest BCUT2D eigenvalue weighted by atomic mass is 10.1. The van der Waals surface area contributed by atoms with Crippen LogP contribution >= 0.6 is 0 Å². The highest BCUT2D eigenvalue weighted by Crippen LogP contribution is 2.20. The molecule has 1 aromatic carbocycles. The predicted octanol–water partition coefficient (Wildman–Crippen LogP) is 3.31. The van der Waals surface area contributed by atoms with E-state index in [1.54, 1.807) is 0 Å². The number of nitrogens with one attached hydrogen (secondary N) is 1. The Morgan fingerprint density at radius 1 is 1.33 bits per heavy atom. The normalized spacial score (nSPS) is 12.3. The van der Waals surface area contributed by atoms with E-state index in [2.05, 4.69) is 12.2 Å². The first kappa shape index (κ1) is 14.6. The Morgan fingerprint density at radius 3 is 2.50 bits per heavy atom. The lowest BCUT2D eigenvalue weighted by Crippen LogP contribution is -2.31. The van der Waals surface area contributed by atoms with Gasteiger partial charge in [-0.25, -0.2) is 0 Å². The first-order chi connectivity index (χ1) is 8.43. The molecule has 1 unspecified atom stereocenters. The Labute approximate surface area is 110 Å². The average Bonchev–Trinajstić information content (AvgIpc) is 2.30. The van der Waals surface area contributed by atoms with Gasteiger partial charge in [0.25, 0.3) is 5.91 Å². The van der Waals surface area contributed by atoms with Gasteiger partial charge in [-0.15, -0.1) is 0 Å². The standard InChI is InChI=1S/C15H23NO2/c1-6-12(5)16-15(17)13-7-8-14(11(4)9-13)18-10(2)3/h7-10,12H,6H2,1-5H3,(H,16,17). The molecule has 1 atom stereocenters. The minimum atomic E-state index is -0.0245. The SMILES string of the molecule is CCC(C)NC(=O)c1ccc(OC(C)C)c(C)c1. The molecule has 3 nitrogen and oxygen atoms in total. The van der Waals surface area contributed by atoms with Crippen LogP contribution < -0.4 is 10.1 Å². The van der Waals surface area contributed by atoms with Crippen molar-refractivity contribution in [2.24, 2.45) is 0 Å². The van der Waals surface area contributed by atoms with Crippen LogP contribution in [0, 0.1) is 6.92 Å². The van der Waals surface area contributed by atoms with Crippen LogP contribution in [-0.4, -0.2) is 18.1 Å². The summed E-state index contributed by atoms with van der Waals surface area (Å²) in [5.74, 6) is 0.814. The Hall–Kier alpha value is -1.51. The summed E-state index contributed by atoms with van der Waals surface area (Å²) < 4.78 is 5.65. The number of rotatable bonds is 5. The molecular formula is C15H23NO2. The van der Waals surface area contributed by atoms with Gasteiger partial charge in [0.05, 0.1) is 6.10 Å². The Morgan fingerprint density at radius 2 is 2.00 bits per heavy atom. The van der Waals surface area contributed by atoms with Gasteiger partial charge >= 0.3 is 0 Å². The van der Waals surface area contributed by atoms with Crippen molar-refractivity contribution < 1.29 is 9.53 Å². The molecule has 0 aliphatic carbocycles. The molecule has 1 rings (SSSR count). The molecule has 0 spiro atoms. The molecule has 0 aliphatic rings. The zero-order valence-electron chi connectivity index (χ0n) is 11.9. The molecule has 0 aromatic heterocycles. The third-order valence-electron chi connectivity index (χ3n) is 2.79. The van der Waals surface area contributed by atoms with Crippen LogP contribution in [0.5, 0.6) is 5.75 Å². The van der Waals surface area contributed by atoms with E-state index >= 15 is 0 Å². The van der Waals surface area contributed by atoms with Gasteiger partial charge in [-0.2, -0.15) is 0 Å². The molecule has 0 bridgehead atoms. The molecule has 1 N–H and O–H groups in total. The number of aryl methyl sites for hydroxylation is 1. The molecular weight excluding hydrogens is 226 g/mol. The first-order valence-corrected chi connectivity index (χ1v) is 6.52. The van der Waals surface area contributed by atoms with E-state index < -0.39 is 0 Å². The molecule has 100 valence electrons. The number of hydrogen-bond acceptors (Lipinski definition) is 2. The highest BCUT2D eigenvalue weighted by atomic mass is 16.5. The minimum Gasteiger partial charge on any atom is -0.491 e. The summed E-state index contributed by atoms with van der Waals surface area (Å²) in [7, 11) is 0. The summed E-state index contributed by atoms with van der Waals surface area (Å²) in [6.07, 6.45) is 1.07. The Bertz CT molecular complexity index is 413. The second-order valence-corrected chi connectivity index (χ2v) is 4.93. The molecule has 18 heavy (non-hydrogen) atoms. The van der Waals surface area contributed by atoms with Crippen molar-refractivity contribution in [2.75, 3.05) is 0 Å². The van der Waals surface area contributed by atoms with Gasteiger partial charge in [0.2, 0.25) is 0 Å². The zero-order chi connectivity index (χ0) is 13.7. The monoisotopic (exact) mass is 249 g/mol. The van der Waals surface area contributed by atoms with Crippen molar-refractivity contribution in [3.63, 3.8) is 0 Å². The van der Waals surface area contributed by atoms with Crippen molar-refractivity contribution in [1.82, 2.24) is 5.32 Å². The van der Waals surface area contributed by atoms with Gasteiger partial charge in [0, 0.05) is 11.6 Å². The third kappa shape index (κ3) is 4.06. The molecule has 1 amide bonds. The Balaban J connectivity index is 2.80. The van der Waals surface area contributed by atoms with Crippen LogP contribution in [0.25, 0.3) is 0 Å². The van der Waals surface area contributed by atoms with Gasteiger partial charge < -0.3 is 10.1 Å². The summed E-state index contributed by atoms with van der Waals surface area (Å²) in [5.41, 5.74) is 1.67. The van der Waals surface area contributed by atoms with E-state index in [0.29, 0.717) is 5.56 Å². The van der Waals surface area contributed by atoms with Crippen molar-refractivity contribution >= 4 is 5.91 Å². The second-order valence-electron chi connectivity index (χ2n) is 4.93. The minimum absolute atomic E-state index is 0.0245. The lowest BCUT2D eigenvalue weighted by molar-refractivity contribution is 0.0939. The van der Waals surface area contributed by atoms with Crippen LogP contribution in [0.3, 0.4) is 0 Å². The summed E-state index contributed by atoms with van der Waals surface area (Å²) >= 11 is 0. The van der Waals surface area contributed by atoms with Crippen molar-refractivity contribution in [1.29, 1.82) is 0 Å². The van der Waals surface area contributed by atoms with Crippen LogP contribution in [0.4, 0.5) is 0 Å². The van der Waals surface area contributed by atoms with E-state index in [0.717, 1.165) is 17.7 Å². The molecule has 1 aromatic rings. The number of carbonyl (C=O) groups is 1. The lowest BCUT2D eigenvalue weighted by Gasteiger charge is -2.15. The highest BCUT2D eigenvalue weighted by Gasteiger charge is 2.10. The van der Waals surface area contributed by atoms with Gasteiger partial charge in [0.15, 0.2) is 0 Å². The van der Waals surface area contributed by atoms with E-state index in [-0.39, 0.29) is 18.1 Å². The fourth-order valence-electron chi connectivity index (χ4n) is 1.59. The molecule has 0 aliphatic heterocycles. The highest BCUT2D eigenvalue weighted by molar-refractivity contribution is 5.94. The third-order valence-corrected chi connectivity index (χ3v) is 2.79. The quantitative estimate of drug-likeness (QED) is 0.869. The predicted molar refractivity (Wildman–Crippen MR) is 74.2 cm³/mol. The summed E-state index contributed by atoms with van der Waals surface area (Å²) in [4.78, 5) is 11.9. The van der Waals surface area contributed by atoms with E-state index in [9.17, 15) is 4.79 Å². The van der Waals surface area contributed by atoms with Crippen LogP contribution in [0.1, 0.15) is 50.0 Å². The van der Waals surface area contributed by atoms with Crippen molar-refractivity contribution in [3.8, 4) is 5.75 Å². The van der Waals surface area contributed by atoms with Gasteiger partial charge in [-0.1, -0.05) is 6.92 Å². The van der Waals surface area contributed by atoms with Crippen molar-refractivity contribution in [2.45, 2.75) is 53.2 Å². The fourth-order valence-corrected chi connectivity index (χ4v) is 1.59. The number of carbonyl (C=O) groups excluding carboxylic acids is 1. The van der Waals surface area contributed by atoms with Crippen LogP contribution in [0.15, 0.2) is 18.2 Å². The van der Waals surface area contributed by atoms with E-state index in [1.807, 2.05) is 45.9 Å². The van der Waals surface area contributed by atoms with E-state index in [4.69, 9.17) is 4.74 Å². The maximum absolute atomic E-state index is 11.9. The molecule has 0 saturated carbocycles. The Kier molecular flexibility index (Phi) is 5.20. The number of benzene rings is 1. The molecule has 0 fully saturated rings. The van der Waals surface area contributed by atoms with Crippen LogP contribution in [0.2, 0.25) is 0 Å². The summed E-state index contributed by atoms with van der Waals surface area (Å²) in [5, 5.41) is 2.95. The number of ether oxygens (including phenoxy) is 1. The maximum Gasteiger partial charge on any atom is 0.251 e. The molecule has 0 saturated heterocycles. The second kappa shape index (κ2) is 6.43. The largest absolute Gasteiger partial charge is 0.491 e. The van der Waals surface area contributed by atoms with Gasteiger partial charge in [0.1, 0.15) is 5.75 Å². The summed E-state index contributed by atoms with van der Waals surface area (Å²) in [6.45, 7) is 9.99. The average molecular weight is 249 g/mol. The van der Waals surface area contributed by atoms with E-state index in [1.165, 1.54) is 0 Å². The van der Waals surface area contributed by atoms with Gasteiger partial charge in [-0.3, -0.25) is 4.79 Å². The number of hydrogen-bond donors (Lipinski definition) is 1. The zero-order valence-corrected chi connectivity index (χ0v) is 11.9. The first-order valence-electron chi connectivity index (χ1n) is 6.52. The maximum atomic E-state index is 11.9. The molecule has 0 radical (unpaired) electrons.